The Labute approximate surface area is 160 Å². The summed E-state index contributed by atoms with van der Waals surface area (Å²) in [6, 6.07) is 14.6. The lowest BCUT2D eigenvalue weighted by Crippen LogP contribution is -2.45. The molecule has 1 fully saturated rings. The van der Waals surface area contributed by atoms with E-state index in [1.54, 1.807) is 24.3 Å². The van der Waals surface area contributed by atoms with Gasteiger partial charge in [0.25, 0.3) is 0 Å². The number of rotatable bonds is 3. The summed E-state index contributed by atoms with van der Waals surface area (Å²) in [4.78, 5) is 9.51. The van der Waals surface area contributed by atoms with E-state index in [4.69, 9.17) is 0 Å². The zero-order valence-corrected chi connectivity index (χ0v) is 16.4. The standard InChI is InChI=1S/C21H23N3O2S/c1-16-8-9-19-18(14-16)21(24-12-10-23(2)11-13-24)20(15-22-19)27(25,26)17-6-4-3-5-7-17/h3-9,14-15H,10-13H2,1-2H3. The van der Waals surface area contributed by atoms with Crippen LogP contribution in [0.15, 0.2) is 64.5 Å². The molecule has 0 unspecified atom stereocenters. The van der Waals surface area contributed by atoms with E-state index in [9.17, 15) is 8.42 Å². The number of anilines is 1. The fraction of sp³-hybridized carbons (Fsp3) is 0.286. The van der Waals surface area contributed by atoms with Crippen LogP contribution in [0.3, 0.4) is 0 Å². The van der Waals surface area contributed by atoms with E-state index < -0.39 is 9.84 Å². The number of pyridine rings is 1. The molecule has 2 heterocycles. The second kappa shape index (κ2) is 6.94. The van der Waals surface area contributed by atoms with Crippen molar-refractivity contribution in [2.45, 2.75) is 16.7 Å². The first kappa shape index (κ1) is 17.9. The lowest BCUT2D eigenvalue weighted by molar-refractivity contribution is 0.312. The van der Waals surface area contributed by atoms with Gasteiger partial charge in [0.1, 0.15) is 4.90 Å². The highest BCUT2D eigenvalue weighted by Crippen LogP contribution is 2.36. The van der Waals surface area contributed by atoms with Crippen molar-refractivity contribution in [3.05, 3.63) is 60.3 Å². The molecule has 1 aliphatic rings. The Morgan fingerprint density at radius 2 is 1.67 bits per heavy atom. The predicted molar refractivity (Wildman–Crippen MR) is 108 cm³/mol. The van der Waals surface area contributed by atoms with E-state index in [1.165, 1.54) is 6.20 Å². The molecule has 0 amide bonds. The van der Waals surface area contributed by atoms with Gasteiger partial charge in [-0.3, -0.25) is 4.98 Å². The molecule has 1 aliphatic heterocycles. The summed E-state index contributed by atoms with van der Waals surface area (Å²) in [6.45, 7) is 5.41. The highest BCUT2D eigenvalue weighted by atomic mass is 32.2. The minimum absolute atomic E-state index is 0.288. The number of benzene rings is 2. The number of fused-ring (bicyclic) bond motifs is 1. The van der Waals surface area contributed by atoms with Gasteiger partial charge in [-0.25, -0.2) is 8.42 Å². The Balaban J connectivity index is 1.96. The third-order valence-electron chi connectivity index (χ3n) is 5.12. The third kappa shape index (κ3) is 3.31. The topological polar surface area (TPSA) is 53.5 Å². The van der Waals surface area contributed by atoms with Crippen LogP contribution in [0.2, 0.25) is 0 Å². The Bertz CT molecular complexity index is 1070. The normalized spacial score (nSPS) is 16.0. The number of aromatic nitrogens is 1. The molecular weight excluding hydrogens is 358 g/mol. The molecule has 0 atom stereocenters. The van der Waals surface area contributed by atoms with E-state index in [0.717, 1.165) is 48.3 Å². The number of hydrogen-bond acceptors (Lipinski definition) is 5. The Kier molecular flexibility index (Phi) is 4.61. The van der Waals surface area contributed by atoms with Crippen LogP contribution in [-0.2, 0) is 9.84 Å². The molecule has 3 aromatic rings. The Hall–Kier alpha value is -2.44. The molecule has 4 rings (SSSR count). The van der Waals surface area contributed by atoms with E-state index in [-0.39, 0.29) is 4.90 Å². The van der Waals surface area contributed by atoms with Gasteiger partial charge in [-0.1, -0.05) is 29.8 Å². The SMILES string of the molecule is Cc1ccc2ncc(S(=O)(=O)c3ccccc3)c(N3CCN(C)CC3)c2c1. The number of nitrogens with zero attached hydrogens (tertiary/aromatic N) is 3. The minimum Gasteiger partial charge on any atom is -0.367 e. The fourth-order valence-electron chi connectivity index (χ4n) is 3.55. The quantitative estimate of drug-likeness (QED) is 0.698. The van der Waals surface area contributed by atoms with Crippen molar-refractivity contribution in [3.8, 4) is 0 Å². The molecule has 0 spiro atoms. The third-order valence-corrected chi connectivity index (χ3v) is 6.89. The number of aryl methyl sites for hydroxylation is 1. The Morgan fingerprint density at radius 1 is 0.963 bits per heavy atom. The van der Waals surface area contributed by atoms with Crippen molar-refractivity contribution >= 4 is 26.4 Å². The zero-order valence-electron chi connectivity index (χ0n) is 15.6. The summed E-state index contributed by atoms with van der Waals surface area (Å²) in [7, 11) is -1.56. The summed E-state index contributed by atoms with van der Waals surface area (Å²) >= 11 is 0. The number of likely N-dealkylation sites (N-methyl/N-ethyl adjacent to an activating group) is 1. The van der Waals surface area contributed by atoms with Gasteiger partial charge in [0, 0.05) is 37.8 Å². The first-order valence-corrected chi connectivity index (χ1v) is 10.6. The molecule has 140 valence electrons. The molecule has 27 heavy (non-hydrogen) atoms. The van der Waals surface area contributed by atoms with Crippen molar-refractivity contribution in [1.29, 1.82) is 0 Å². The van der Waals surface area contributed by atoms with Gasteiger partial charge in [-0.05, 0) is 38.2 Å². The van der Waals surface area contributed by atoms with Gasteiger partial charge in [-0.15, -0.1) is 0 Å². The summed E-state index contributed by atoms with van der Waals surface area (Å²) in [5.41, 5.74) is 2.69. The predicted octanol–water partition coefficient (Wildman–Crippen LogP) is 3.13. The first-order valence-electron chi connectivity index (χ1n) is 9.10. The van der Waals surface area contributed by atoms with Crippen LogP contribution < -0.4 is 4.90 Å². The maximum atomic E-state index is 13.4. The molecule has 0 N–H and O–H groups in total. The number of piperazine rings is 1. The number of hydrogen-bond donors (Lipinski definition) is 0. The first-order chi connectivity index (χ1) is 13.0. The van der Waals surface area contributed by atoms with Crippen molar-refractivity contribution in [1.82, 2.24) is 9.88 Å². The maximum absolute atomic E-state index is 13.4. The average Bonchev–Trinajstić information content (AvgIpc) is 2.68. The molecule has 1 aromatic heterocycles. The fourth-order valence-corrected chi connectivity index (χ4v) is 5.01. The van der Waals surface area contributed by atoms with Crippen LogP contribution in [0, 0.1) is 6.92 Å². The smallest absolute Gasteiger partial charge is 0.210 e. The van der Waals surface area contributed by atoms with Gasteiger partial charge in [0.15, 0.2) is 0 Å². The lowest BCUT2D eigenvalue weighted by atomic mass is 10.1. The summed E-state index contributed by atoms with van der Waals surface area (Å²) < 4.78 is 26.8. The van der Waals surface area contributed by atoms with Gasteiger partial charge < -0.3 is 9.80 Å². The van der Waals surface area contributed by atoms with E-state index in [1.807, 2.05) is 31.2 Å². The van der Waals surface area contributed by atoms with Gasteiger partial charge in [0.05, 0.1) is 16.1 Å². The largest absolute Gasteiger partial charge is 0.367 e. The summed E-state index contributed by atoms with van der Waals surface area (Å²) in [5, 5.41) is 0.900. The van der Waals surface area contributed by atoms with Gasteiger partial charge in [0.2, 0.25) is 9.84 Å². The molecular formula is C21H23N3O2S. The van der Waals surface area contributed by atoms with Crippen LogP contribution in [0.1, 0.15) is 5.56 Å². The second-order valence-electron chi connectivity index (χ2n) is 7.10. The monoisotopic (exact) mass is 381 g/mol. The van der Waals surface area contributed by atoms with Crippen molar-refractivity contribution in [2.24, 2.45) is 0 Å². The van der Waals surface area contributed by atoms with Crippen molar-refractivity contribution in [3.63, 3.8) is 0 Å². The molecule has 0 bridgehead atoms. The van der Waals surface area contributed by atoms with E-state index in [2.05, 4.69) is 21.8 Å². The lowest BCUT2D eigenvalue weighted by Gasteiger charge is -2.35. The van der Waals surface area contributed by atoms with Crippen LogP contribution in [-0.4, -0.2) is 51.5 Å². The summed E-state index contributed by atoms with van der Waals surface area (Å²) in [5.74, 6) is 0. The molecule has 5 nitrogen and oxygen atoms in total. The molecule has 0 saturated carbocycles. The second-order valence-corrected chi connectivity index (χ2v) is 9.02. The molecule has 1 saturated heterocycles. The van der Waals surface area contributed by atoms with Crippen LogP contribution in [0.4, 0.5) is 5.69 Å². The molecule has 2 aromatic carbocycles. The van der Waals surface area contributed by atoms with E-state index >= 15 is 0 Å². The highest BCUT2D eigenvalue weighted by Gasteiger charge is 2.28. The molecule has 6 heteroatoms. The van der Waals surface area contributed by atoms with E-state index in [0.29, 0.717) is 4.90 Å². The van der Waals surface area contributed by atoms with Gasteiger partial charge in [-0.2, -0.15) is 0 Å². The van der Waals surface area contributed by atoms with Crippen LogP contribution in [0.25, 0.3) is 10.9 Å². The van der Waals surface area contributed by atoms with Crippen LogP contribution in [0.5, 0.6) is 0 Å². The average molecular weight is 382 g/mol. The number of sulfone groups is 1. The molecule has 0 radical (unpaired) electrons. The van der Waals surface area contributed by atoms with Crippen molar-refractivity contribution in [2.75, 3.05) is 38.1 Å². The van der Waals surface area contributed by atoms with Crippen molar-refractivity contribution < 1.29 is 8.42 Å². The summed E-state index contributed by atoms with van der Waals surface area (Å²) in [6.07, 6.45) is 1.52. The highest BCUT2D eigenvalue weighted by molar-refractivity contribution is 7.91. The zero-order chi connectivity index (χ0) is 19.0. The Morgan fingerprint density at radius 3 is 2.37 bits per heavy atom. The maximum Gasteiger partial charge on any atom is 0.210 e. The van der Waals surface area contributed by atoms with Gasteiger partial charge >= 0.3 is 0 Å². The van der Waals surface area contributed by atoms with Crippen LogP contribution >= 0.6 is 0 Å². The molecule has 0 aliphatic carbocycles. The minimum atomic E-state index is -3.65.